The molecule has 2 heterocycles. The van der Waals surface area contributed by atoms with Crippen molar-refractivity contribution in [3.8, 4) is 0 Å². The highest BCUT2D eigenvalue weighted by molar-refractivity contribution is 7.09. The highest BCUT2D eigenvalue weighted by Crippen LogP contribution is 2.30. The SMILES string of the molecule is CC[C@H](C)CC(=O)N(C)[C@H](C[C@@H](OC(C)=O)c1nc(C(=O)NCCN2CCOCC2)cs1)C(C)C. The number of aromatic nitrogens is 1. The number of nitrogens with one attached hydrogen (secondary N) is 1. The number of carbonyl (C=O) groups excluding carboxylic acids is 3. The third-order valence-electron chi connectivity index (χ3n) is 6.49. The number of carbonyl (C=O) groups is 3. The molecule has 2 amide bonds. The zero-order valence-electron chi connectivity index (χ0n) is 22.0. The summed E-state index contributed by atoms with van der Waals surface area (Å²) >= 11 is 1.30. The van der Waals surface area contributed by atoms with E-state index in [2.05, 4.69) is 42.9 Å². The van der Waals surface area contributed by atoms with E-state index >= 15 is 0 Å². The van der Waals surface area contributed by atoms with E-state index in [-0.39, 0.29) is 23.8 Å². The molecule has 10 heteroatoms. The molecule has 35 heavy (non-hydrogen) atoms. The molecule has 0 aliphatic carbocycles. The van der Waals surface area contributed by atoms with Gasteiger partial charge in [-0.25, -0.2) is 4.98 Å². The van der Waals surface area contributed by atoms with Crippen LogP contribution in [0.15, 0.2) is 5.38 Å². The van der Waals surface area contributed by atoms with Crippen LogP contribution in [0.3, 0.4) is 0 Å². The molecule has 1 saturated heterocycles. The average Bonchev–Trinajstić information content (AvgIpc) is 3.31. The average molecular weight is 511 g/mol. The van der Waals surface area contributed by atoms with Gasteiger partial charge in [0.05, 0.1) is 13.2 Å². The predicted molar refractivity (Wildman–Crippen MR) is 136 cm³/mol. The maximum atomic E-state index is 12.8. The normalized spacial score (nSPS) is 17.0. The summed E-state index contributed by atoms with van der Waals surface area (Å²) in [5, 5.41) is 5.17. The molecule has 1 aromatic rings. The second kappa shape index (κ2) is 14.5. The summed E-state index contributed by atoms with van der Waals surface area (Å²) in [5.74, 6) is -0.118. The second-order valence-corrected chi connectivity index (χ2v) is 10.5. The number of nitrogens with zero attached hydrogens (tertiary/aromatic N) is 3. The highest BCUT2D eigenvalue weighted by Gasteiger charge is 2.31. The van der Waals surface area contributed by atoms with Gasteiger partial charge in [0.2, 0.25) is 5.91 Å². The third-order valence-corrected chi connectivity index (χ3v) is 7.43. The largest absolute Gasteiger partial charge is 0.455 e. The van der Waals surface area contributed by atoms with Crippen LogP contribution in [0.5, 0.6) is 0 Å². The molecule has 0 radical (unpaired) electrons. The first-order chi connectivity index (χ1) is 16.6. The molecular weight excluding hydrogens is 468 g/mol. The van der Waals surface area contributed by atoms with Gasteiger partial charge in [-0.1, -0.05) is 34.1 Å². The highest BCUT2D eigenvalue weighted by atomic mass is 32.1. The smallest absolute Gasteiger partial charge is 0.303 e. The number of rotatable bonds is 13. The number of morpholine rings is 1. The Morgan fingerprint density at radius 3 is 2.54 bits per heavy atom. The molecule has 1 aromatic heterocycles. The number of amides is 2. The molecule has 1 fully saturated rings. The summed E-state index contributed by atoms with van der Waals surface area (Å²) in [7, 11) is 1.81. The minimum Gasteiger partial charge on any atom is -0.455 e. The Balaban J connectivity index is 2.05. The molecule has 0 spiro atoms. The van der Waals surface area contributed by atoms with Gasteiger partial charge in [0.25, 0.3) is 5.91 Å². The first kappa shape index (κ1) is 29.2. The third kappa shape index (κ3) is 9.50. The maximum absolute atomic E-state index is 12.8. The summed E-state index contributed by atoms with van der Waals surface area (Å²) in [5.41, 5.74) is 0.312. The van der Waals surface area contributed by atoms with Crippen molar-refractivity contribution in [3.05, 3.63) is 16.1 Å². The zero-order chi connectivity index (χ0) is 26.0. The van der Waals surface area contributed by atoms with Crippen LogP contribution < -0.4 is 5.32 Å². The van der Waals surface area contributed by atoms with Crippen LogP contribution >= 0.6 is 11.3 Å². The fraction of sp³-hybridized carbons (Fsp3) is 0.760. The fourth-order valence-corrected chi connectivity index (χ4v) is 4.89. The van der Waals surface area contributed by atoms with E-state index in [9.17, 15) is 14.4 Å². The fourth-order valence-electron chi connectivity index (χ4n) is 4.05. The molecule has 198 valence electrons. The number of esters is 1. The summed E-state index contributed by atoms with van der Waals surface area (Å²) in [6.07, 6.45) is 1.23. The first-order valence-corrected chi connectivity index (χ1v) is 13.5. The van der Waals surface area contributed by atoms with Gasteiger partial charge >= 0.3 is 5.97 Å². The van der Waals surface area contributed by atoms with Gasteiger partial charge in [-0.3, -0.25) is 19.3 Å². The minimum absolute atomic E-state index is 0.0825. The van der Waals surface area contributed by atoms with Gasteiger partial charge in [-0.15, -0.1) is 11.3 Å². The lowest BCUT2D eigenvalue weighted by atomic mass is 9.95. The van der Waals surface area contributed by atoms with Gasteiger partial charge in [0.15, 0.2) is 6.10 Å². The minimum atomic E-state index is -0.626. The van der Waals surface area contributed by atoms with E-state index in [0.29, 0.717) is 36.0 Å². The molecule has 0 aromatic carbocycles. The lowest BCUT2D eigenvalue weighted by Crippen LogP contribution is -2.42. The second-order valence-electron chi connectivity index (χ2n) is 9.65. The molecule has 1 aliphatic rings. The van der Waals surface area contributed by atoms with Crippen LogP contribution in [0.4, 0.5) is 0 Å². The van der Waals surface area contributed by atoms with Crippen molar-refractivity contribution in [1.29, 1.82) is 0 Å². The van der Waals surface area contributed by atoms with E-state index in [1.165, 1.54) is 18.3 Å². The lowest BCUT2D eigenvalue weighted by molar-refractivity contribution is -0.148. The Hall–Kier alpha value is -2.04. The molecule has 0 saturated carbocycles. The lowest BCUT2D eigenvalue weighted by Gasteiger charge is -2.34. The molecule has 0 unspecified atom stereocenters. The standard InChI is InChI=1S/C25H42N4O5S/c1-7-18(4)14-23(31)28(6)21(17(2)3)15-22(34-19(5)30)25-27-20(16-35-25)24(32)26-8-9-29-10-12-33-13-11-29/h16-18,21-22H,7-15H2,1-6H3,(H,26,32)/t18-,21+,22+/m0/s1. The maximum Gasteiger partial charge on any atom is 0.303 e. The van der Waals surface area contributed by atoms with Crippen LogP contribution in [-0.4, -0.2) is 85.0 Å². The van der Waals surface area contributed by atoms with E-state index in [4.69, 9.17) is 9.47 Å². The van der Waals surface area contributed by atoms with Gasteiger partial charge in [-0.05, 0) is 11.8 Å². The Kier molecular flexibility index (Phi) is 12.1. The number of hydrogen-bond donors (Lipinski definition) is 1. The van der Waals surface area contributed by atoms with Crippen LogP contribution in [0.1, 0.15) is 75.5 Å². The van der Waals surface area contributed by atoms with E-state index in [0.717, 1.165) is 39.3 Å². The number of ether oxygens (including phenoxy) is 2. The van der Waals surface area contributed by atoms with Gasteiger partial charge in [0.1, 0.15) is 10.7 Å². The number of thiazole rings is 1. The quantitative estimate of drug-likeness (QED) is 0.407. The van der Waals surface area contributed by atoms with Crippen LogP contribution in [0.25, 0.3) is 0 Å². The predicted octanol–water partition coefficient (Wildman–Crippen LogP) is 3.12. The van der Waals surface area contributed by atoms with Crippen molar-refractivity contribution >= 4 is 29.1 Å². The van der Waals surface area contributed by atoms with E-state index < -0.39 is 12.1 Å². The van der Waals surface area contributed by atoms with Crippen LogP contribution in [0, 0.1) is 11.8 Å². The van der Waals surface area contributed by atoms with Gasteiger partial charge in [0, 0.05) is 64.4 Å². The summed E-state index contributed by atoms with van der Waals surface area (Å²) in [4.78, 5) is 45.9. The van der Waals surface area contributed by atoms with Crippen molar-refractivity contribution in [2.24, 2.45) is 11.8 Å². The summed E-state index contributed by atoms with van der Waals surface area (Å²) in [6, 6.07) is -0.134. The van der Waals surface area contributed by atoms with Crippen LogP contribution in [-0.2, 0) is 19.1 Å². The Morgan fingerprint density at radius 1 is 1.26 bits per heavy atom. The van der Waals surface area contributed by atoms with Crippen molar-refractivity contribution in [3.63, 3.8) is 0 Å². The number of hydrogen-bond acceptors (Lipinski definition) is 8. The van der Waals surface area contributed by atoms with Crippen molar-refractivity contribution in [2.75, 3.05) is 46.4 Å². The van der Waals surface area contributed by atoms with Crippen molar-refractivity contribution in [1.82, 2.24) is 20.1 Å². The van der Waals surface area contributed by atoms with Crippen LogP contribution in [0.2, 0.25) is 0 Å². The zero-order valence-corrected chi connectivity index (χ0v) is 22.9. The molecular formula is C25H42N4O5S. The molecule has 1 aliphatic heterocycles. The molecule has 9 nitrogen and oxygen atoms in total. The first-order valence-electron chi connectivity index (χ1n) is 12.6. The van der Waals surface area contributed by atoms with Gasteiger partial charge in [-0.2, -0.15) is 0 Å². The molecule has 1 N–H and O–H groups in total. The Morgan fingerprint density at radius 2 is 1.94 bits per heavy atom. The van der Waals surface area contributed by atoms with E-state index in [1.54, 1.807) is 10.3 Å². The molecule has 0 bridgehead atoms. The topological polar surface area (TPSA) is 101 Å². The molecule has 2 rings (SSSR count). The van der Waals surface area contributed by atoms with Gasteiger partial charge < -0.3 is 19.7 Å². The Bertz CT molecular complexity index is 825. The monoisotopic (exact) mass is 510 g/mol. The van der Waals surface area contributed by atoms with E-state index in [1.807, 2.05) is 7.05 Å². The van der Waals surface area contributed by atoms with Crippen molar-refractivity contribution in [2.45, 2.75) is 66.0 Å². The summed E-state index contributed by atoms with van der Waals surface area (Å²) < 4.78 is 11.0. The summed E-state index contributed by atoms with van der Waals surface area (Å²) in [6.45, 7) is 14.1. The molecule has 3 atom stereocenters. The van der Waals surface area contributed by atoms with Crippen molar-refractivity contribution < 1.29 is 23.9 Å². The Labute approximate surface area is 213 Å².